The molecule has 1 N–H and O–H groups in total. The largest absolute Gasteiger partial charge is 0.356 e. The Bertz CT molecular complexity index is 869. The number of fused-ring (bicyclic) bond motifs is 1. The molecular weight excluding hydrogens is 398 g/mol. The van der Waals surface area contributed by atoms with Gasteiger partial charge in [0, 0.05) is 30.9 Å². The van der Waals surface area contributed by atoms with Crippen molar-refractivity contribution in [3.8, 4) is 0 Å². The van der Waals surface area contributed by atoms with Gasteiger partial charge in [0.25, 0.3) is 11.8 Å². The topological polar surface area (TPSA) is 69.7 Å². The third kappa shape index (κ3) is 4.79. The van der Waals surface area contributed by atoms with Crippen LogP contribution in [0.1, 0.15) is 51.3 Å². The fraction of sp³-hybridized carbons (Fsp3) is 0.435. The van der Waals surface area contributed by atoms with Gasteiger partial charge >= 0.3 is 0 Å². The Morgan fingerprint density at radius 1 is 1.03 bits per heavy atom. The van der Waals surface area contributed by atoms with Crippen molar-refractivity contribution in [2.75, 3.05) is 26.2 Å². The highest BCUT2D eigenvalue weighted by Gasteiger charge is 2.34. The second kappa shape index (κ2) is 9.53. The summed E-state index contributed by atoms with van der Waals surface area (Å²) in [6, 6.07) is 11.1. The summed E-state index contributed by atoms with van der Waals surface area (Å²) in [5.74, 6) is -0.00645. The highest BCUT2D eigenvalue weighted by molar-refractivity contribution is 7.09. The number of carbonyl (C=O) groups excluding carboxylic acids is 3. The molecule has 3 heterocycles. The Balaban J connectivity index is 1.13. The fourth-order valence-electron chi connectivity index (χ4n) is 4.16. The van der Waals surface area contributed by atoms with Crippen LogP contribution in [-0.2, 0) is 11.3 Å². The molecule has 4 rings (SSSR count). The van der Waals surface area contributed by atoms with Crippen molar-refractivity contribution < 1.29 is 14.4 Å². The average molecular weight is 426 g/mol. The van der Waals surface area contributed by atoms with Gasteiger partial charge in [-0.3, -0.25) is 24.2 Å². The van der Waals surface area contributed by atoms with E-state index in [0.717, 1.165) is 32.5 Å². The summed E-state index contributed by atoms with van der Waals surface area (Å²) in [6.45, 7) is 4.14. The highest BCUT2D eigenvalue weighted by atomic mass is 32.1. The first kappa shape index (κ1) is 20.8. The molecule has 1 fully saturated rings. The van der Waals surface area contributed by atoms with Crippen LogP contribution in [0.2, 0.25) is 0 Å². The zero-order chi connectivity index (χ0) is 20.9. The molecule has 3 amide bonds. The molecule has 2 aliphatic heterocycles. The van der Waals surface area contributed by atoms with Crippen LogP contribution >= 0.6 is 11.3 Å². The van der Waals surface area contributed by atoms with Gasteiger partial charge in [0.2, 0.25) is 5.91 Å². The molecule has 0 unspecified atom stereocenters. The molecule has 0 atom stereocenters. The first-order valence-corrected chi connectivity index (χ1v) is 11.5. The van der Waals surface area contributed by atoms with Crippen LogP contribution in [0.5, 0.6) is 0 Å². The lowest BCUT2D eigenvalue weighted by atomic mass is 9.96. The summed E-state index contributed by atoms with van der Waals surface area (Å²) in [5, 5.41) is 5.15. The van der Waals surface area contributed by atoms with Gasteiger partial charge in [0.05, 0.1) is 11.1 Å². The van der Waals surface area contributed by atoms with Gasteiger partial charge in [0.1, 0.15) is 0 Å². The van der Waals surface area contributed by atoms with E-state index in [4.69, 9.17) is 0 Å². The maximum Gasteiger partial charge on any atom is 0.261 e. The second-order valence-corrected chi connectivity index (χ2v) is 9.05. The molecule has 0 saturated carbocycles. The van der Waals surface area contributed by atoms with E-state index in [1.165, 1.54) is 9.78 Å². The molecule has 6 nitrogen and oxygen atoms in total. The maximum absolute atomic E-state index is 12.3. The zero-order valence-corrected chi connectivity index (χ0v) is 17.8. The summed E-state index contributed by atoms with van der Waals surface area (Å²) < 4.78 is 0. The highest BCUT2D eigenvalue weighted by Crippen LogP contribution is 2.23. The Morgan fingerprint density at radius 2 is 1.73 bits per heavy atom. The summed E-state index contributed by atoms with van der Waals surface area (Å²) in [5.41, 5.74) is 0.912. The third-order valence-electron chi connectivity index (χ3n) is 5.92. The Kier molecular flexibility index (Phi) is 6.59. The van der Waals surface area contributed by atoms with E-state index < -0.39 is 0 Å². The van der Waals surface area contributed by atoms with Crippen LogP contribution in [0, 0.1) is 5.92 Å². The van der Waals surface area contributed by atoms with Gasteiger partial charge in [-0.15, -0.1) is 11.3 Å². The minimum absolute atomic E-state index is 0.00683. The summed E-state index contributed by atoms with van der Waals surface area (Å²) in [4.78, 5) is 42.0. The molecule has 1 aromatic heterocycles. The van der Waals surface area contributed by atoms with E-state index in [2.05, 4.69) is 27.7 Å². The summed E-state index contributed by atoms with van der Waals surface area (Å²) >= 11 is 1.80. The minimum atomic E-state index is -0.259. The number of piperidine rings is 1. The first-order chi connectivity index (χ1) is 14.6. The number of amides is 3. The number of nitrogens with zero attached hydrogens (tertiary/aromatic N) is 2. The van der Waals surface area contributed by atoms with Crippen molar-refractivity contribution in [1.82, 2.24) is 15.1 Å². The van der Waals surface area contributed by atoms with Crippen LogP contribution in [0.15, 0.2) is 41.8 Å². The maximum atomic E-state index is 12.3. The molecule has 0 aliphatic carbocycles. The number of carbonyl (C=O) groups is 3. The zero-order valence-electron chi connectivity index (χ0n) is 17.0. The number of hydrogen-bond donors (Lipinski definition) is 1. The van der Waals surface area contributed by atoms with Crippen LogP contribution in [-0.4, -0.2) is 53.7 Å². The van der Waals surface area contributed by atoms with Crippen LogP contribution in [0.25, 0.3) is 0 Å². The summed E-state index contributed by atoms with van der Waals surface area (Å²) in [7, 11) is 0. The van der Waals surface area contributed by atoms with E-state index in [1.54, 1.807) is 35.6 Å². The van der Waals surface area contributed by atoms with E-state index in [0.29, 0.717) is 36.4 Å². The molecule has 158 valence electrons. The first-order valence-electron chi connectivity index (χ1n) is 10.6. The SMILES string of the molecule is O=C(CCCN1C(=O)c2ccccc2C1=O)NCC1CCN(Cc2cccs2)CC1. The normalized spacial score (nSPS) is 17.4. The number of imide groups is 1. The smallest absolute Gasteiger partial charge is 0.261 e. The standard InChI is InChI=1S/C23H27N3O3S/c27-21(8-3-11-26-22(28)19-6-1-2-7-20(19)23(26)29)24-15-17-9-12-25(13-10-17)16-18-5-4-14-30-18/h1-2,4-7,14,17H,3,8-13,15-16H2,(H,24,27). The van der Waals surface area contributed by atoms with Crippen LogP contribution in [0.3, 0.4) is 0 Å². The third-order valence-corrected chi connectivity index (χ3v) is 6.78. The van der Waals surface area contributed by atoms with Gasteiger partial charge in [-0.05, 0) is 61.8 Å². The second-order valence-electron chi connectivity index (χ2n) is 8.01. The number of thiophene rings is 1. The number of hydrogen-bond acceptors (Lipinski definition) is 5. The molecule has 7 heteroatoms. The van der Waals surface area contributed by atoms with Crippen molar-refractivity contribution in [2.45, 2.75) is 32.2 Å². The molecule has 2 aliphatic rings. The van der Waals surface area contributed by atoms with Gasteiger partial charge in [-0.2, -0.15) is 0 Å². The quantitative estimate of drug-likeness (QED) is 0.660. The number of rotatable bonds is 8. The predicted octanol–water partition coefficient (Wildman–Crippen LogP) is 3.15. The van der Waals surface area contributed by atoms with Gasteiger partial charge < -0.3 is 5.32 Å². The lowest BCUT2D eigenvalue weighted by Crippen LogP contribution is -2.38. The minimum Gasteiger partial charge on any atom is -0.356 e. The van der Waals surface area contributed by atoms with E-state index in [1.807, 2.05) is 0 Å². The molecule has 1 saturated heterocycles. The van der Waals surface area contributed by atoms with Gasteiger partial charge in [-0.1, -0.05) is 18.2 Å². The molecule has 0 spiro atoms. The van der Waals surface area contributed by atoms with Crippen molar-refractivity contribution in [1.29, 1.82) is 0 Å². The number of benzene rings is 1. The fourth-order valence-corrected chi connectivity index (χ4v) is 4.90. The molecule has 2 aromatic rings. The Morgan fingerprint density at radius 3 is 2.37 bits per heavy atom. The lowest BCUT2D eigenvalue weighted by Gasteiger charge is -2.31. The molecule has 0 bridgehead atoms. The monoisotopic (exact) mass is 425 g/mol. The van der Waals surface area contributed by atoms with Crippen molar-refractivity contribution in [3.63, 3.8) is 0 Å². The van der Waals surface area contributed by atoms with Crippen molar-refractivity contribution >= 4 is 29.1 Å². The van der Waals surface area contributed by atoms with Crippen LogP contribution in [0.4, 0.5) is 0 Å². The van der Waals surface area contributed by atoms with Gasteiger partial charge in [-0.25, -0.2) is 0 Å². The molecule has 30 heavy (non-hydrogen) atoms. The lowest BCUT2D eigenvalue weighted by molar-refractivity contribution is -0.121. The van der Waals surface area contributed by atoms with E-state index in [-0.39, 0.29) is 24.3 Å². The van der Waals surface area contributed by atoms with Crippen LogP contribution < -0.4 is 5.32 Å². The molecule has 1 aromatic carbocycles. The van der Waals surface area contributed by atoms with Crippen molar-refractivity contribution in [3.05, 3.63) is 57.8 Å². The Labute approximate surface area is 180 Å². The predicted molar refractivity (Wildman–Crippen MR) is 116 cm³/mol. The van der Waals surface area contributed by atoms with E-state index >= 15 is 0 Å². The molecule has 0 radical (unpaired) electrons. The summed E-state index contributed by atoms with van der Waals surface area (Å²) in [6.07, 6.45) is 3.00. The van der Waals surface area contributed by atoms with Gasteiger partial charge in [0.15, 0.2) is 0 Å². The number of likely N-dealkylation sites (tertiary alicyclic amines) is 1. The Hall–Kier alpha value is -2.51. The molecular formula is C23H27N3O3S. The van der Waals surface area contributed by atoms with Crippen molar-refractivity contribution in [2.24, 2.45) is 5.92 Å². The van der Waals surface area contributed by atoms with E-state index in [9.17, 15) is 14.4 Å². The number of nitrogens with one attached hydrogen (secondary N) is 1. The average Bonchev–Trinajstić information content (AvgIpc) is 3.36.